The predicted molar refractivity (Wildman–Crippen MR) is 202 cm³/mol. The number of para-hydroxylation sites is 3. The van der Waals surface area contributed by atoms with Crippen LogP contribution in [0.15, 0.2) is 152 Å². The van der Waals surface area contributed by atoms with Crippen molar-refractivity contribution in [2.75, 3.05) is 0 Å². The Morgan fingerprint density at radius 3 is 1.70 bits per heavy atom. The molecule has 5 nitrogen and oxygen atoms in total. The van der Waals surface area contributed by atoms with Gasteiger partial charge in [0.2, 0.25) is 5.69 Å². The van der Waals surface area contributed by atoms with E-state index < -0.39 is 0 Å². The van der Waals surface area contributed by atoms with E-state index in [9.17, 15) is 10.5 Å². The van der Waals surface area contributed by atoms with Gasteiger partial charge >= 0.3 is 0 Å². The Labute approximate surface area is 288 Å². The van der Waals surface area contributed by atoms with Crippen LogP contribution in [0.3, 0.4) is 0 Å². The average Bonchev–Trinajstić information content (AvgIpc) is 3.70. The molecule has 0 amide bonds. The van der Waals surface area contributed by atoms with E-state index in [0.29, 0.717) is 16.8 Å². The van der Waals surface area contributed by atoms with Gasteiger partial charge in [-0.15, -0.1) is 0 Å². The molecule has 0 unspecified atom stereocenters. The molecule has 5 heteroatoms. The molecule has 0 saturated heterocycles. The summed E-state index contributed by atoms with van der Waals surface area (Å²) in [6.07, 6.45) is 0. The summed E-state index contributed by atoms with van der Waals surface area (Å²) in [6.45, 7) is 7.85. The van der Waals surface area contributed by atoms with Crippen molar-refractivity contribution in [3.63, 3.8) is 0 Å². The Morgan fingerprint density at radius 2 is 1.04 bits per heavy atom. The van der Waals surface area contributed by atoms with Crippen molar-refractivity contribution in [2.24, 2.45) is 0 Å². The number of hydrogen-bond acceptors (Lipinski definition) is 2. The summed E-state index contributed by atoms with van der Waals surface area (Å²) in [5.41, 5.74) is 11.9. The molecule has 0 aliphatic rings. The monoisotopic (exact) mass is 635 g/mol. The van der Waals surface area contributed by atoms with E-state index in [4.69, 9.17) is 6.57 Å². The maximum Gasteiger partial charge on any atom is 0.211 e. The van der Waals surface area contributed by atoms with Gasteiger partial charge in [0.05, 0.1) is 57.6 Å². The van der Waals surface area contributed by atoms with E-state index in [2.05, 4.69) is 129 Å². The summed E-state index contributed by atoms with van der Waals surface area (Å²) in [7, 11) is 0. The minimum Gasteiger partial charge on any atom is -0.319 e. The van der Waals surface area contributed by atoms with Crippen molar-refractivity contribution < 1.29 is 0 Å². The second-order valence-electron chi connectivity index (χ2n) is 12.3. The third-order valence-electron chi connectivity index (χ3n) is 9.62. The lowest BCUT2D eigenvalue weighted by atomic mass is 9.97. The molecule has 9 rings (SSSR count). The summed E-state index contributed by atoms with van der Waals surface area (Å²) < 4.78 is 4.41. The zero-order valence-corrected chi connectivity index (χ0v) is 26.7. The number of benzene rings is 7. The van der Waals surface area contributed by atoms with E-state index in [1.807, 2.05) is 48.5 Å². The van der Waals surface area contributed by atoms with Crippen LogP contribution in [0.1, 0.15) is 11.1 Å². The van der Waals surface area contributed by atoms with Gasteiger partial charge in [-0.05, 0) is 82.7 Å². The molecular weight excluding hydrogens is 611 g/mol. The molecule has 0 aliphatic heterocycles. The zero-order valence-electron chi connectivity index (χ0n) is 26.7. The van der Waals surface area contributed by atoms with Gasteiger partial charge in [0.1, 0.15) is 0 Å². The third-order valence-corrected chi connectivity index (χ3v) is 9.62. The average molecular weight is 636 g/mol. The highest BCUT2D eigenvalue weighted by Gasteiger charge is 2.18. The van der Waals surface area contributed by atoms with Gasteiger partial charge in [-0.25, -0.2) is 4.85 Å². The first kappa shape index (κ1) is 28.8. The first-order valence-electron chi connectivity index (χ1n) is 16.3. The van der Waals surface area contributed by atoms with Gasteiger partial charge in [0, 0.05) is 27.4 Å². The molecular formula is C45H25N5. The summed E-state index contributed by atoms with van der Waals surface area (Å²) >= 11 is 0. The fourth-order valence-corrected chi connectivity index (χ4v) is 7.34. The van der Waals surface area contributed by atoms with E-state index in [1.54, 1.807) is 0 Å². The molecule has 7 aromatic carbocycles. The molecule has 0 aliphatic carbocycles. The van der Waals surface area contributed by atoms with Crippen molar-refractivity contribution in [2.45, 2.75) is 0 Å². The van der Waals surface area contributed by atoms with Crippen molar-refractivity contribution in [3.8, 4) is 45.8 Å². The maximum atomic E-state index is 9.84. The standard InChI is InChI=1S/C45H25N5/c1-48-40-10-6-9-37-39-26-30(28-47)14-24-44(39)49(45(37)40)34-21-19-32(20-22-34)31-15-17-33(18-16-31)38-25-29(27-46)13-23-43(38)50-41-11-4-2-7-35(41)36-8-3-5-12-42(36)50/h2-26H. The third kappa shape index (κ3) is 4.38. The predicted octanol–water partition coefficient (Wildman–Crippen LogP) is 11.5. The van der Waals surface area contributed by atoms with Crippen LogP contribution in [0.5, 0.6) is 0 Å². The molecule has 0 radical (unpaired) electrons. The lowest BCUT2D eigenvalue weighted by Gasteiger charge is -2.15. The van der Waals surface area contributed by atoms with Crippen molar-refractivity contribution in [1.82, 2.24) is 9.13 Å². The number of aromatic nitrogens is 2. The Morgan fingerprint density at radius 1 is 0.480 bits per heavy atom. The van der Waals surface area contributed by atoms with E-state index in [1.165, 1.54) is 10.8 Å². The molecule has 2 heterocycles. The Hall–Kier alpha value is -7.39. The lowest BCUT2D eigenvalue weighted by molar-refractivity contribution is 1.18. The van der Waals surface area contributed by atoms with Gasteiger partial charge in [0.25, 0.3) is 0 Å². The van der Waals surface area contributed by atoms with E-state index in [0.717, 1.165) is 66.5 Å². The van der Waals surface area contributed by atoms with Gasteiger partial charge in [-0.2, -0.15) is 10.5 Å². The van der Waals surface area contributed by atoms with Gasteiger partial charge in [-0.3, -0.25) is 0 Å². The van der Waals surface area contributed by atoms with Crippen LogP contribution in [0.4, 0.5) is 5.69 Å². The summed E-state index contributed by atoms with van der Waals surface area (Å²) in [5, 5.41) is 23.7. The Kier molecular flexibility index (Phi) is 6.56. The molecule has 0 bridgehead atoms. The SMILES string of the molecule is [C-]#[N+]c1cccc2c3cc(C#N)ccc3n(-c3ccc(-c4ccc(-c5cc(C#N)ccc5-n5c6ccccc6c6ccccc65)cc4)cc3)c12. The van der Waals surface area contributed by atoms with Crippen LogP contribution < -0.4 is 0 Å². The van der Waals surface area contributed by atoms with E-state index in [-0.39, 0.29) is 0 Å². The first-order valence-corrected chi connectivity index (χ1v) is 16.3. The minimum absolute atomic E-state index is 0.567. The molecule has 230 valence electrons. The van der Waals surface area contributed by atoms with Gasteiger partial charge < -0.3 is 9.13 Å². The molecule has 0 fully saturated rings. The van der Waals surface area contributed by atoms with Crippen LogP contribution >= 0.6 is 0 Å². The largest absolute Gasteiger partial charge is 0.319 e. The maximum absolute atomic E-state index is 9.84. The molecule has 0 atom stereocenters. The van der Waals surface area contributed by atoms with Crippen molar-refractivity contribution in [1.29, 1.82) is 10.5 Å². The topological polar surface area (TPSA) is 61.8 Å². The van der Waals surface area contributed by atoms with Crippen LogP contribution in [0, 0.1) is 29.2 Å². The minimum atomic E-state index is 0.567. The normalized spacial score (nSPS) is 11.1. The number of fused-ring (bicyclic) bond motifs is 6. The fraction of sp³-hybridized carbons (Fsp3) is 0. The fourth-order valence-electron chi connectivity index (χ4n) is 7.34. The molecule has 0 spiro atoms. The number of rotatable bonds is 4. The first-order chi connectivity index (χ1) is 24.7. The van der Waals surface area contributed by atoms with Crippen molar-refractivity contribution in [3.05, 3.63) is 174 Å². The molecule has 0 saturated carbocycles. The van der Waals surface area contributed by atoms with Crippen LogP contribution in [0.25, 0.3) is 82.1 Å². The second kappa shape index (κ2) is 11.4. The van der Waals surface area contributed by atoms with Gasteiger partial charge in [0.15, 0.2) is 0 Å². The highest BCUT2D eigenvalue weighted by Crippen LogP contribution is 2.39. The number of nitrogens with zero attached hydrogens (tertiary/aromatic N) is 5. The van der Waals surface area contributed by atoms with E-state index >= 15 is 0 Å². The summed E-state index contributed by atoms with van der Waals surface area (Å²) in [6, 6.07) is 55.7. The number of hydrogen-bond donors (Lipinski definition) is 0. The Balaban J connectivity index is 1.13. The smallest absolute Gasteiger partial charge is 0.211 e. The highest BCUT2D eigenvalue weighted by atomic mass is 15.0. The highest BCUT2D eigenvalue weighted by molar-refractivity contribution is 6.14. The lowest BCUT2D eigenvalue weighted by Crippen LogP contribution is -1.98. The second-order valence-corrected chi connectivity index (χ2v) is 12.3. The van der Waals surface area contributed by atoms with Crippen LogP contribution in [-0.4, -0.2) is 9.13 Å². The molecule has 0 N–H and O–H groups in total. The van der Waals surface area contributed by atoms with Gasteiger partial charge in [-0.1, -0.05) is 91.0 Å². The zero-order chi connectivity index (χ0) is 33.8. The molecule has 9 aromatic rings. The molecule has 2 aromatic heterocycles. The van der Waals surface area contributed by atoms with Crippen LogP contribution in [-0.2, 0) is 0 Å². The quantitative estimate of drug-likeness (QED) is 0.181. The summed E-state index contributed by atoms with van der Waals surface area (Å²) in [4.78, 5) is 3.83. The van der Waals surface area contributed by atoms with Crippen molar-refractivity contribution >= 4 is 49.3 Å². The number of nitriles is 2. The van der Waals surface area contributed by atoms with Crippen LogP contribution in [0.2, 0.25) is 0 Å². The Bertz CT molecular complexity index is 2890. The molecule has 50 heavy (non-hydrogen) atoms. The summed E-state index contributed by atoms with van der Waals surface area (Å²) in [5.74, 6) is 0.